The molecule has 1 saturated heterocycles. The van der Waals surface area contributed by atoms with E-state index < -0.39 is 0 Å². The van der Waals surface area contributed by atoms with Gasteiger partial charge in [0.1, 0.15) is 17.6 Å². The summed E-state index contributed by atoms with van der Waals surface area (Å²) in [6.45, 7) is 0.629. The third-order valence-electron chi connectivity index (χ3n) is 4.71. The summed E-state index contributed by atoms with van der Waals surface area (Å²) >= 11 is 0. The zero-order valence-electron chi connectivity index (χ0n) is 14.8. The third kappa shape index (κ3) is 3.41. The van der Waals surface area contributed by atoms with Gasteiger partial charge in [-0.2, -0.15) is 0 Å². The SMILES string of the molecule is COC(=O)[C@@H]1CC(Nc2nc(-c3ccccc3O)nc3ccccc23)CN1. The Kier molecular flexibility index (Phi) is 4.60. The Morgan fingerprint density at radius 1 is 1.19 bits per heavy atom. The van der Waals surface area contributed by atoms with Crippen molar-refractivity contribution in [1.82, 2.24) is 15.3 Å². The summed E-state index contributed by atoms with van der Waals surface area (Å²) in [5.41, 5.74) is 1.35. The van der Waals surface area contributed by atoms with Crippen LogP contribution in [0.15, 0.2) is 48.5 Å². The number of aromatic nitrogens is 2. The van der Waals surface area contributed by atoms with Crippen LogP contribution in [0, 0.1) is 0 Å². The fourth-order valence-electron chi connectivity index (χ4n) is 3.33. The Balaban J connectivity index is 1.70. The van der Waals surface area contributed by atoms with E-state index in [9.17, 15) is 9.90 Å². The molecule has 7 nitrogen and oxygen atoms in total. The zero-order chi connectivity index (χ0) is 18.8. The molecule has 0 aliphatic carbocycles. The molecule has 0 spiro atoms. The Labute approximate surface area is 156 Å². The van der Waals surface area contributed by atoms with Crippen molar-refractivity contribution in [2.75, 3.05) is 19.0 Å². The van der Waals surface area contributed by atoms with Crippen molar-refractivity contribution in [3.8, 4) is 17.1 Å². The molecule has 3 aromatic rings. The molecular weight excluding hydrogens is 344 g/mol. The summed E-state index contributed by atoms with van der Waals surface area (Å²) in [7, 11) is 1.39. The molecule has 1 aliphatic heterocycles. The smallest absolute Gasteiger partial charge is 0.322 e. The van der Waals surface area contributed by atoms with Crippen LogP contribution < -0.4 is 10.6 Å². The van der Waals surface area contributed by atoms with Gasteiger partial charge in [0.2, 0.25) is 0 Å². The number of nitrogens with zero attached hydrogens (tertiary/aromatic N) is 2. The predicted molar refractivity (Wildman–Crippen MR) is 102 cm³/mol. The summed E-state index contributed by atoms with van der Waals surface area (Å²) in [5, 5.41) is 17.6. The number of hydrogen-bond donors (Lipinski definition) is 3. The highest BCUT2D eigenvalue weighted by atomic mass is 16.5. The van der Waals surface area contributed by atoms with Crippen molar-refractivity contribution in [3.05, 3.63) is 48.5 Å². The fraction of sp³-hybridized carbons (Fsp3) is 0.250. The second kappa shape index (κ2) is 7.20. The van der Waals surface area contributed by atoms with E-state index in [1.807, 2.05) is 30.3 Å². The lowest BCUT2D eigenvalue weighted by molar-refractivity contribution is -0.142. The van der Waals surface area contributed by atoms with Crippen molar-refractivity contribution < 1.29 is 14.6 Å². The van der Waals surface area contributed by atoms with E-state index in [4.69, 9.17) is 4.74 Å². The predicted octanol–water partition coefficient (Wildman–Crippen LogP) is 2.32. The molecule has 27 heavy (non-hydrogen) atoms. The third-order valence-corrected chi connectivity index (χ3v) is 4.71. The van der Waals surface area contributed by atoms with Crippen LogP contribution in [0.2, 0.25) is 0 Å². The molecule has 7 heteroatoms. The van der Waals surface area contributed by atoms with Crippen molar-refractivity contribution >= 4 is 22.7 Å². The second-order valence-electron chi connectivity index (χ2n) is 6.49. The van der Waals surface area contributed by atoms with Gasteiger partial charge in [-0.25, -0.2) is 9.97 Å². The van der Waals surface area contributed by atoms with Crippen LogP contribution in [0.1, 0.15) is 6.42 Å². The average molecular weight is 364 g/mol. The van der Waals surface area contributed by atoms with Crippen LogP contribution in [-0.4, -0.2) is 46.8 Å². The number of fused-ring (bicyclic) bond motifs is 1. The minimum Gasteiger partial charge on any atom is -0.507 e. The molecule has 1 aromatic heterocycles. The summed E-state index contributed by atoms with van der Waals surface area (Å²) < 4.78 is 4.81. The van der Waals surface area contributed by atoms with Gasteiger partial charge < -0.3 is 20.5 Å². The monoisotopic (exact) mass is 364 g/mol. The number of para-hydroxylation sites is 2. The number of rotatable bonds is 4. The van der Waals surface area contributed by atoms with Gasteiger partial charge >= 0.3 is 5.97 Å². The number of nitrogens with one attached hydrogen (secondary N) is 2. The first-order valence-electron chi connectivity index (χ1n) is 8.78. The largest absolute Gasteiger partial charge is 0.507 e. The van der Waals surface area contributed by atoms with Crippen molar-refractivity contribution in [2.24, 2.45) is 0 Å². The van der Waals surface area contributed by atoms with Gasteiger partial charge in [-0.15, -0.1) is 0 Å². The Morgan fingerprint density at radius 2 is 1.96 bits per heavy atom. The number of anilines is 1. The number of aromatic hydroxyl groups is 1. The number of esters is 1. The Hall–Kier alpha value is -3.19. The lowest BCUT2D eigenvalue weighted by Crippen LogP contribution is -2.31. The topological polar surface area (TPSA) is 96.4 Å². The molecule has 1 unspecified atom stereocenters. The van der Waals surface area contributed by atoms with Gasteiger partial charge in [0.05, 0.1) is 18.2 Å². The number of methoxy groups -OCH3 is 1. The van der Waals surface area contributed by atoms with Crippen LogP contribution in [-0.2, 0) is 9.53 Å². The van der Waals surface area contributed by atoms with Gasteiger partial charge in [0.25, 0.3) is 0 Å². The van der Waals surface area contributed by atoms with Crippen LogP contribution in [0.25, 0.3) is 22.3 Å². The summed E-state index contributed by atoms with van der Waals surface area (Å²) in [6.07, 6.45) is 0.608. The van der Waals surface area contributed by atoms with E-state index in [1.165, 1.54) is 7.11 Å². The van der Waals surface area contributed by atoms with E-state index in [1.54, 1.807) is 18.2 Å². The molecular formula is C20H20N4O3. The quantitative estimate of drug-likeness (QED) is 0.611. The first kappa shape index (κ1) is 17.2. The van der Waals surface area contributed by atoms with E-state index in [0.29, 0.717) is 30.2 Å². The van der Waals surface area contributed by atoms with E-state index in [2.05, 4.69) is 20.6 Å². The normalized spacial score (nSPS) is 19.1. The van der Waals surface area contributed by atoms with Gasteiger partial charge in [-0.1, -0.05) is 24.3 Å². The molecule has 2 heterocycles. The molecule has 3 N–H and O–H groups in total. The summed E-state index contributed by atoms with van der Waals surface area (Å²) in [6, 6.07) is 14.4. The van der Waals surface area contributed by atoms with E-state index in [0.717, 1.165) is 10.9 Å². The Bertz CT molecular complexity index is 992. The van der Waals surface area contributed by atoms with Crippen molar-refractivity contribution in [1.29, 1.82) is 0 Å². The minimum atomic E-state index is -0.321. The maximum absolute atomic E-state index is 11.7. The molecule has 1 aliphatic rings. The van der Waals surface area contributed by atoms with Crippen LogP contribution in [0.5, 0.6) is 5.75 Å². The number of carbonyl (C=O) groups is 1. The van der Waals surface area contributed by atoms with Crippen LogP contribution >= 0.6 is 0 Å². The molecule has 0 amide bonds. The van der Waals surface area contributed by atoms with E-state index in [-0.39, 0.29) is 23.8 Å². The second-order valence-corrected chi connectivity index (χ2v) is 6.49. The molecule has 1 fully saturated rings. The molecule has 0 bridgehead atoms. The number of ether oxygens (including phenoxy) is 1. The maximum atomic E-state index is 11.7. The number of carbonyl (C=O) groups excluding carboxylic acids is 1. The first-order valence-corrected chi connectivity index (χ1v) is 8.78. The molecule has 2 aromatic carbocycles. The average Bonchev–Trinajstić information content (AvgIpc) is 3.16. The number of phenols is 1. The molecule has 0 radical (unpaired) electrons. The molecule has 2 atom stereocenters. The summed E-state index contributed by atoms with van der Waals surface area (Å²) in [5.74, 6) is 0.995. The number of phenolic OH excluding ortho intramolecular Hbond substituents is 1. The van der Waals surface area contributed by atoms with Crippen molar-refractivity contribution in [2.45, 2.75) is 18.5 Å². The first-order chi connectivity index (χ1) is 13.2. The lowest BCUT2D eigenvalue weighted by Gasteiger charge is -2.16. The van der Waals surface area contributed by atoms with Gasteiger partial charge in [-0.3, -0.25) is 4.79 Å². The summed E-state index contributed by atoms with van der Waals surface area (Å²) in [4.78, 5) is 21.0. The highest BCUT2D eigenvalue weighted by Crippen LogP contribution is 2.30. The number of benzene rings is 2. The van der Waals surface area contributed by atoms with Crippen LogP contribution in [0.3, 0.4) is 0 Å². The van der Waals surface area contributed by atoms with Gasteiger partial charge in [-0.05, 0) is 30.7 Å². The van der Waals surface area contributed by atoms with Crippen LogP contribution in [0.4, 0.5) is 5.82 Å². The minimum absolute atomic E-state index is 0.0321. The van der Waals surface area contributed by atoms with E-state index >= 15 is 0 Å². The zero-order valence-corrected chi connectivity index (χ0v) is 14.8. The highest BCUT2D eigenvalue weighted by Gasteiger charge is 2.30. The Morgan fingerprint density at radius 3 is 2.78 bits per heavy atom. The molecule has 4 rings (SSSR count). The standard InChI is InChI=1S/C20H20N4O3/c1-27-20(26)16-10-12(11-21-16)22-18-13-6-2-4-8-15(13)23-19(24-18)14-7-3-5-9-17(14)25/h2-9,12,16,21,25H,10-11H2,1H3,(H,22,23,24)/t12?,16-/m0/s1. The van der Waals surface area contributed by atoms with Gasteiger partial charge in [0.15, 0.2) is 5.82 Å². The number of hydrogen-bond acceptors (Lipinski definition) is 7. The molecule has 0 saturated carbocycles. The van der Waals surface area contributed by atoms with Gasteiger partial charge in [0, 0.05) is 18.0 Å². The maximum Gasteiger partial charge on any atom is 0.322 e. The van der Waals surface area contributed by atoms with Crippen molar-refractivity contribution in [3.63, 3.8) is 0 Å². The lowest BCUT2D eigenvalue weighted by atomic mass is 10.1. The highest BCUT2D eigenvalue weighted by molar-refractivity contribution is 5.91. The molecule has 138 valence electrons. The fourth-order valence-corrected chi connectivity index (χ4v) is 3.33.